The number of rotatable bonds is 2. The Kier molecular flexibility index (Phi) is 2.41. The lowest BCUT2D eigenvalue weighted by atomic mass is 9.79. The van der Waals surface area contributed by atoms with Crippen molar-refractivity contribution in [1.29, 1.82) is 5.26 Å². The summed E-state index contributed by atoms with van der Waals surface area (Å²) in [6.45, 7) is 0. The molecule has 0 spiro atoms. The number of nitro benzene ring substituents is 1. The van der Waals surface area contributed by atoms with Gasteiger partial charge in [0.15, 0.2) is 0 Å². The van der Waals surface area contributed by atoms with Crippen LogP contribution in [0.2, 0.25) is 0 Å². The molecule has 0 saturated heterocycles. The molecule has 4 atom stereocenters. The largest absolute Gasteiger partial charge is 0.269 e. The molecule has 0 aliphatic heterocycles. The maximum Gasteiger partial charge on any atom is 0.269 e. The predicted octanol–water partition coefficient (Wildman–Crippen LogP) is 3.02. The maximum atomic E-state index is 10.6. The van der Waals surface area contributed by atoms with E-state index < -0.39 is 4.92 Å². The van der Waals surface area contributed by atoms with Crippen LogP contribution >= 0.6 is 0 Å². The van der Waals surface area contributed by atoms with E-state index in [0.717, 1.165) is 12.0 Å². The zero-order chi connectivity index (χ0) is 12.7. The van der Waals surface area contributed by atoms with Gasteiger partial charge < -0.3 is 0 Å². The summed E-state index contributed by atoms with van der Waals surface area (Å²) in [4.78, 5) is 10.2. The summed E-state index contributed by atoms with van der Waals surface area (Å²) < 4.78 is 0. The molecule has 1 aromatic carbocycles. The Balaban J connectivity index is 1.93. The highest BCUT2D eigenvalue weighted by Gasteiger charge is 2.45. The van der Waals surface area contributed by atoms with Crippen molar-refractivity contribution >= 4 is 5.69 Å². The minimum Gasteiger partial charge on any atom is -0.258 e. The number of benzene rings is 1. The average molecular weight is 240 g/mol. The zero-order valence-corrected chi connectivity index (χ0v) is 9.69. The minimum absolute atomic E-state index is 0.0152. The van der Waals surface area contributed by atoms with Crippen molar-refractivity contribution in [3.8, 4) is 6.07 Å². The first-order chi connectivity index (χ1) is 8.70. The van der Waals surface area contributed by atoms with E-state index in [4.69, 9.17) is 0 Å². The van der Waals surface area contributed by atoms with E-state index in [1.165, 1.54) is 12.1 Å². The number of nitro groups is 1. The van der Waals surface area contributed by atoms with Gasteiger partial charge in [-0.3, -0.25) is 10.1 Å². The lowest BCUT2D eigenvalue weighted by Crippen LogP contribution is -2.16. The van der Waals surface area contributed by atoms with Crippen molar-refractivity contribution in [2.45, 2.75) is 12.3 Å². The van der Waals surface area contributed by atoms with Crippen LogP contribution in [-0.2, 0) is 0 Å². The quantitative estimate of drug-likeness (QED) is 0.453. The van der Waals surface area contributed by atoms with E-state index >= 15 is 0 Å². The van der Waals surface area contributed by atoms with Gasteiger partial charge in [0, 0.05) is 18.1 Å². The molecule has 3 rings (SSSR count). The monoisotopic (exact) mass is 240 g/mol. The van der Waals surface area contributed by atoms with Crippen molar-refractivity contribution < 1.29 is 4.92 Å². The van der Waals surface area contributed by atoms with Crippen LogP contribution in [0.3, 0.4) is 0 Å². The van der Waals surface area contributed by atoms with Gasteiger partial charge in [-0.1, -0.05) is 24.3 Å². The molecular formula is C14H12N2O2. The summed E-state index contributed by atoms with van der Waals surface area (Å²) in [6.07, 6.45) is 5.37. The van der Waals surface area contributed by atoms with Crippen molar-refractivity contribution in [2.75, 3.05) is 0 Å². The summed E-state index contributed by atoms with van der Waals surface area (Å²) >= 11 is 0. The zero-order valence-electron chi connectivity index (χ0n) is 9.69. The predicted molar refractivity (Wildman–Crippen MR) is 65.7 cm³/mol. The second kappa shape index (κ2) is 3.95. The molecule has 18 heavy (non-hydrogen) atoms. The molecule has 2 bridgehead atoms. The van der Waals surface area contributed by atoms with E-state index in [0.29, 0.717) is 11.8 Å². The highest BCUT2D eigenvalue weighted by molar-refractivity contribution is 5.38. The molecule has 4 nitrogen and oxygen atoms in total. The van der Waals surface area contributed by atoms with Gasteiger partial charge in [0.25, 0.3) is 5.69 Å². The van der Waals surface area contributed by atoms with Crippen LogP contribution in [0.25, 0.3) is 0 Å². The molecule has 4 unspecified atom stereocenters. The molecule has 2 aliphatic rings. The van der Waals surface area contributed by atoms with Crippen molar-refractivity contribution in [1.82, 2.24) is 0 Å². The highest BCUT2D eigenvalue weighted by Crippen LogP contribution is 2.52. The Morgan fingerprint density at radius 1 is 1.22 bits per heavy atom. The first kappa shape index (κ1) is 11.0. The summed E-state index contributed by atoms with van der Waals surface area (Å²) in [5.74, 6) is 0.994. The molecule has 1 fully saturated rings. The van der Waals surface area contributed by atoms with Crippen LogP contribution in [0.1, 0.15) is 17.9 Å². The Hall–Kier alpha value is -2.15. The number of nitriles is 1. The second-order valence-electron chi connectivity index (χ2n) is 4.98. The molecule has 1 saturated carbocycles. The van der Waals surface area contributed by atoms with Crippen LogP contribution < -0.4 is 0 Å². The summed E-state index contributed by atoms with van der Waals surface area (Å²) in [5, 5.41) is 19.9. The van der Waals surface area contributed by atoms with E-state index in [1.54, 1.807) is 12.1 Å². The molecule has 0 heterocycles. The SMILES string of the molecule is N#CC1C2C=CC(C2)C1c1ccc([N+](=O)[O-])cc1. The van der Waals surface area contributed by atoms with Crippen LogP contribution in [0, 0.1) is 39.2 Å². The Morgan fingerprint density at radius 3 is 2.50 bits per heavy atom. The van der Waals surface area contributed by atoms with E-state index in [2.05, 4.69) is 18.2 Å². The summed E-state index contributed by atoms with van der Waals surface area (Å²) in [6, 6.07) is 9.04. The molecular weight excluding hydrogens is 228 g/mol. The van der Waals surface area contributed by atoms with Crippen molar-refractivity contribution in [3.63, 3.8) is 0 Å². The molecule has 1 aromatic rings. The van der Waals surface area contributed by atoms with Gasteiger partial charge in [-0.05, 0) is 23.8 Å². The number of nitrogens with zero attached hydrogens (tertiary/aromatic N) is 2. The highest BCUT2D eigenvalue weighted by atomic mass is 16.6. The fraction of sp³-hybridized carbons (Fsp3) is 0.357. The molecule has 0 N–H and O–H groups in total. The number of allylic oxidation sites excluding steroid dienone is 2. The standard InChI is InChI=1S/C14H12N2O2/c15-8-13-10-1-2-11(7-10)14(13)9-3-5-12(6-4-9)16(17)18/h1-6,10-11,13-14H,7H2. The van der Waals surface area contributed by atoms with Gasteiger partial charge in [-0.25, -0.2) is 0 Å². The fourth-order valence-electron chi connectivity index (χ4n) is 3.27. The third-order valence-electron chi connectivity index (χ3n) is 4.10. The topological polar surface area (TPSA) is 66.9 Å². The Bertz CT molecular complexity index is 556. The molecule has 0 amide bonds. The van der Waals surface area contributed by atoms with Gasteiger partial charge in [0.2, 0.25) is 0 Å². The Labute approximate surface area is 105 Å². The van der Waals surface area contributed by atoms with Gasteiger partial charge >= 0.3 is 0 Å². The van der Waals surface area contributed by atoms with Gasteiger partial charge in [0.05, 0.1) is 16.9 Å². The first-order valence-corrected chi connectivity index (χ1v) is 6.03. The smallest absolute Gasteiger partial charge is 0.258 e. The maximum absolute atomic E-state index is 10.6. The third-order valence-corrected chi connectivity index (χ3v) is 4.10. The lowest BCUT2D eigenvalue weighted by Gasteiger charge is -2.23. The number of hydrogen-bond acceptors (Lipinski definition) is 3. The molecule has 90 valence electrons. The van der Waals surface area contributed by atoms with Crippen molar-refractivity contribution in [2.24, 2.45) is 17.8 Å². The van der Waals surface area contributed by atoms with E-state index in [-0.39, 0.29) is 17.5 Å². The van der Waals surface area contributed by atoms with Gasteiger partial charge in [0.1, 0.15) is 0 Å². The van der Waals surface area contributed by atoms with Crippen LogP contribution in [0.5, 0.6) is 0 Å². The van der Waals surface area contributed by atoms with E-state index in [1.807, 2.05) is 0 Å². The van der Waals surface area contributed by atoms with Gasteiger partial charge in [-0.2, -0.15) is 5.26 Å². The lowest BCUT2D eigenvalue weighted by molar-refractivity contribution is -0.384. The van der Waals surface area contributed by atoms with Crippen molar-refractivity contribution in [3.05, 3.63) is 52.1 Å². The molecule has 2 aliphatic carbocycles. The normalized spacial score (nSPS) is 32.4. The van der Waals surface area contributed by atoms with E-state index in [9.17, 15) is 15.4 Å². The van der Waals surface area contributed by atoms with Crippen LogP contribution in [0.4, 0.5) is 5.69 Å². The number of fused-ring (bicyclic) bond motifs is 2. The van der Waals surface area contributed by atoms with Crippen LogP contribution in [0.15, 0.2) is 36.4 Å². The second-order valence-corrected chi connectivity index (χ2v) is 4.98. The summed E-state index contributed by atoms with van der Waals surface area (Å²) in [5.41, 5.74) is 1.15. The number of non-ortho nitro benzene ring substituents is 1. The third kappa shape index (κ3) is 1.52. The minimum atomic E-state index is -0.397. The molecule has 4 heteroatoms. The molecule has 0 aromatic heterocycles. The van der Waals surface area contributed by atoms with Gasteiger partial charge in [-0.15, -0.1) is 0 Å². The first-order valence-electron chi connectivity index (χ1n) is 6.03. The average Bonchev–Trinajstić information content (AvgIpc) is 2.98. The number of hydrogen-bond donors (Lipinski definition) is 0. The fourth-order valence-corrected chi connectivity index (χ4v) is 3.27. The summed E-state index contributed by atoms with van der Waals surface area (Å²) in [7, 11) is 0. The Morgan fingerprint density at radius 2 is 1.89 bits per heavy atom. The van der Waals surface area contributed by atoms with Crippen LogP contribution in [-0.4, -0.2) is 4.92 Å². The molecule has 0 radical (unpaired) electrons.